The maximum Gasteiger partial charge on any atom is 0.179 e. The monoisotopic (exact) mass is 302 g/mol. The number of aliphatic hydroxyl groups is 1. The lowest BCUT2D eigenvalue weighted by atomic mass is 10.1. The van der Waals surface area contributed by atoms with E-state index in [1.807, 2.05) is 6.07 Å². The summed E-state index contributed by atoms with van der Waals surface area (Å²) in [5.74, 6) is 2.18. The van der Waals surface area contributed by atoms with Crippen molar-refractivity contribution in [1.29, 1.82) is 0 Å². The highest BCUT2D eigenvalue weighted by Gasteiger charge is 2.21. The molecule has 0 atom stereocenters. The van der Waals surface area contributed by atoms with E-state index in [0.29, 0.717) is 25.4 Å². The highest BCUT2D eigenvalue weighted by Crippen LogP contribution is 2.45. The van der Waals surface area contributed by atoms with E-state index in [-0.39, 0.29) is 6.61 Å². The molecule has 1 aliphatic rings. The molecular weight excluding hydrogens is 288 g/mol. The molecule has 4 nitrogen and oxygen atoms in total. The van der Waals surface area contributed by atoms with E-state index in [9.17, 15) is 0 Å². The number of benzene rings is 1. The second-order valence-corrected chi connectivity index (χ2v) is 4.53. The third-order valence-corrected chi connectivity index (χ3v) is 3.34. The van der Waals surface area contributed by atoms with Crippen LogP contribution in [0.3, 0.4) is 0 Å². The summed E-state index contributed by atoms with van der Waals surface area (Å²) in [5, 5.41) is 8.89. The molecule has 5 heteroatoms. The largest absolute Gasteiger partial charge is 0.495 e. The topological polar surface area (TPSA) is 47.9 Å². The van der Waals surface area contributed by atoms with E-state index in [4.69, 9.17) is 19.3 Å². The van der Waals surface area contributed by atoms with E-state index in [1.54, 1.807) is 7.11 Å². The lowest BCUT2D eigenvalue weighted by Gasteiger charge is -2.22. The molecule has 0 aromatic heterocycles. The number of hydrogen-bond donors (Lipinski definition) is 1. The summed E-state index contributed by atoms with van der Waals surface area (Å²) in [7, 11) is 1.62. The van der Waals surface area contributed by atoms with E-state index < -0.39 is 0 Å². The number of rotatable bonds is 4. The van der Waals surface area contributed by atoms with E-state index in [2.05, 4.69) is 15.9 Å². The maximum atomic E-state index is 8.89. The Kier molecular flexibility index (Phi) is 4.12. The SMILES string of the molecule is COc1c(CCCO)cc2c(c1Br)OCCO2. The molecule has 0 fully saturated rings. The Morgan fingerprint density at radius 1 is 1.41 bits per heavy atom. The summed E-state index contributed by atoms with van der Waals surface area (Å²) in [6.07, 6.45) is 1.44. The summed E-state index contributed by atoms with van der Waals surface area (Å²) in [5.41, 5.74) is 1.01. The molecule has 0 bridgehead atoms. The average molecular weight is 303 g/mol. The number of methoxy groups -OCH3 is 1. The van der Waals surface area contributed by atoms with Gasteiger partial charge in [-0.2, -0.15) is 0 Å². The van der Waals surface area contributed by atoms with Gasteiger partial charge >= 0.3 is 0 Å². The highest BCUT2D eigenvalue weighted by atomic mass is 79.9. The number of hydrogen-bond acceptors (Lipinski definition) is 4. The summed E-state index contributed by atoms with van der Waals surface area (Å²) in [4.78, 5) is 0. The van der Waals surface area contributed by atoms with Gasteiger partial charge in [0, 0.05) is 6.61 Å². The molecule has 0 spiro atoms. The maximum absolute atomic E-state index is 8.89. The molecule has 2 rings (SSSR count). The van der Waals surface area contributed by atoms with Gasteiger partial charge in [-0.1, -0.05) is 0 Å². The van der Waals surface area contributed by atoms with Crippen LogP contribution in [0.25, 0.3) is 0 Å². The van der Waals surface area contributed by atoms with Crippen LogP contribution < -0.4 is 14.2 Å². The minimum absolute atomic E-state index is 0.162. The summed E-state index contributed by atoms with van der Waals surface area (Å²) in [6.45, 7) is 1.27. The van der Waals surface area contributed by atoms with Crippen molar-refractivity contribution in [2.45, 2.75) is 12.8 Å². The van der Waals surface area contributed by atoms with Gasteiger partial charge in [-0.05, 0) is 40.4 Å². The lowest BCUT2D eigenvalue weighted by molar-refractivity contribution is 0.169. The fourth-order valence-corrected chi connectivity index (χ4v) is 2.58. The van der Waals surface area contributed by atoms with Gasteiger partial charge in [0.25, 0.3) is 0 Å². The first-order valence-corrected chi connectivity index (χ1v) is 6.33. The van der Waals surface area contributed by atoms with Crippen LogP contribution in [-0.2, 0) is 6.42 Å². The molecule has 94 valence electrons. The first-order valence-electron chi connectivity index (χ1n) is 5.53. The van der Waals surface area contributed by atoms with Crippen molar-refractivity contribution in [3.05, 3.63) is 16.1 Å². The van der Waals surface area contributed by atoms with Crippen molar-refractivity contribution in [3.63, 3.8) is 0 Å². The Hall–Kier alpha value is -0.940. The third-order valence-electron chi connectivity index (χ3n) is 2.62. The highest BCUT2D eigenvalue weighted by molar-refractivity contribution is 9.10. The molecular formula is C12H15BrO4. The summed E-state index contributed by atoms with van der Waals surface area (Å²) < 4.78 is 17.3. The fourth-order valence-electron chi connectivity index (χ4n) is 1.85. The predicted octanol–water partition coefficient (Wildman–Crippen LogP) is 2.15. The van der Waals surface area contributed by atoms with E-state index >= 15 is 0 Å². The second-order valence-electron chi connectivity index (χ2n) is 3.73. The standard InChI is InChI=1S/C12H15BrO4/c1-15-11-8(3-2-4-14)7-9-12(10(11)13)17-6-5-16-9/h7,14H,2-6H2,1H3. The van der Waals surface area contributed by atoms with Gasteiger partial charge in [0.15, 0.2) is 11.5 Å². The number of ether oxygens (including phenoxy) is 3. The fraction of sp³-hybridized carbons (Fsp3) is 0.500. The normalized spacial score (nSPS) is 13.6. The van der Waals surface area contributed by atoms with Crippen LogP contribution in [0.5, 0.6) is 17.2 Å². The molecule has 1 N–H and O–H groups in total. The first kappa shape index (κ1) is 12.5. The summed E-state index contributed by atoms with van der Waals surface area (Å²) in [6, 6.07) is 1.92. The van der Waals surface area contributed by atoms with Crippen molar-refractivity contribution >= 4 is 15.9 Å². The molecule has 0 amide bonds. The Labute approximate surface area is 109 Å². The van der Waals surface area contributed by atoms with Crippen molar-refractivity contribution in [2.24, 2.45) is 0 Å². The van der Waals surface area contributed by atoms with Gasteiger partial charge in [0.05, 0.1) is 7.11 Å². The Morgan fingerprint density at radius 2 is 2.18 bits per heavy atom. The van der Waals surface area contributed by atoms with Gasteiger partial charge < -0.3 is 19.3 Å². The molecule has 0 radical (unpaired) electrons. The lowest BCUT2D eigenvalue weighted by Crippen LogP contribution is -2.16. The second kappa shape index (κ2) is 5.60. The molecule has 1 aromatic rings. The van der Waals surface area contributed by atoms with Crippen molar-refractivity contribution in [3.8, 4) is 17.2 Å². The van der Waals surface area contributed by atoms with E-state index in [0.717, 1.165) is 28.0 Å². The zero-order chi connectivity index (χ0) is 12.3. The van der Waals surface area contributed by atoms with Gasteiger partial charge in [0.2, 0.25) is 0 Å². The van der Waals surface area contributed by atoms with Crippen LogP contribution in [0.15, 0.2) is 10.5 Å². The number of fused-ring (bicyclic) bond motifs is 1. The molecule has 0 saturated carbocycles. The zero-order valence-corrected chi connectivity index (χ0v) is 11.2. The quantitative estimate of drug-likeness (QED) is 0.926. The van der Waals surface area contributed by atoms with Gasteiger partial charge in [-0.25, -0.2) is 0 Å². The van der Waals surface area contributed by atoms with Crippen LogP contribution in [0.1, 0.15) is 12.0 Å². The van der Waals surface area contributed by atoms with Crippen LogP contribution in [0.2, 0.25) is 0 Å². The first-order chi connectivity index (χ1) is 8.27. The van der Waals surface area contributed by atoms with Gasteiger partial charge in [-0.15, -0.1) is 0 Å². The van der Waals surface area contributed by atoms with Crippen LogP contribution in [0, 0.1) is 0 Å². The molecule has 1 aromatic carbocycles. The molecule has 1 aliphatic heterocycles. The molecule has 0 aliphatic carbocycles. The number of halogens is 1. The van der Waals surface area contributed by atoms with Crippen LogP contribution in [-0.4, -0.2) is 32.0 Å². The average Bonchev–Trinajstić information content (AvgIpc) is 2.36. The molecule has 0 unspecified atom stereocenters. The van der Waals surface area contributed by atoms with E-state index in [1.165, 1.54) is 0 Å². The number of aliphatic hydroxyl groups excluding tert-OH is 1. The number of aryl methyl sites for hydroxylation is 1. The predicted molar refractivity (Wildman–Crippen MR) is 67.1 cm³/mol. The smallest absolute Gasteiger partial charge is 0.179 e. The molecule has 0 saturated heterocycles. The minimum Gasteiger partial charge on any atom is -0.495 e. The Morgan fingerprint density at radius 3 is 2.88 bits per heavy atom. The van der Waals surface area contributed by atoms with Crippen LogP contribution >= 0.6 is 15.9 Å². The summed E-state index contributed by atoms with van der Waals surface area (Å²) >= 11 is 3.48. The molecule has 1 heterocycles. The van der Waals surface area contributed by atoms with Crippen molar-refractivity contribution < 1.29 is 19.3 Å². The zero-order valence-electron chi connectivity index (χ0n) is 9.66. The van der Waals surface area contributed by atoms with Gasteiger partial charge in [0.1, 0.15) is 23.4 Å². The molecule has 17 heavy (non-hydrogen) atoms. The Balaban J connectivity index is 2.40. The van der Waals surface area contributed by atoms with Crippen molar-refractivity contribution in [2.75, 3.05) is 26.9 Å². The van der Waals surface area contributed by atoms with Crippen LogP contribution in [0.4, 0.5) is 0 Å². The van der Waals surface area contributed by atoms with Crippen molar-refractivity contribution in [1.82, 2.24) is 0 Å². The Bertz CT molecular complexity index is 406. The minimum atomic E-state index is 0.162. The van der Waals surface area contributed by atoms with Gasteiger partial charge in [-0.3, -0.25) is 0 Å². The third kappa shape index (κ3) is 2.50.